The molecule has 2 amide bonds. The van der Waals surface area contributed by atoms with Gasteiger partial charge in [-0.3, -0.25) is 9.59 Å². The van der Waals surface area contributed by atoms with Gasteiger partial charge in [0.05, 0.1) is 19.6 Å². The van der Waals surface area contributed by atoms with E-state index in [9.17, 15) is 9.59 Å². The zero-order valence-corrected chi connectivity index (χ0v) is 17.7. The Kier molecular flexibility index (Phi) is 7.63. The van der Waals surface area contributed by atoms with Crippen molar-refractivity contribution in [2.75, 3.05) is 19.4 Å². The van der Waals surface area contributed by atoms with Gasteiger partial charge in [-0.05, 0) is 36.8 Å². The van der Waals surface area contributed by atoms with Crippen LogP contribution in [-0.4, -0.2) is 42.2 Å². The first-order valence-electron chi connectivity index (χ1n) is 10.0. The summed E-state index contributed by atoms with van der Waals surface area (Å²) in [4.78, 5) is 27.9. The summed E-state index contributed by atoms with van der Waals surface area (Å²) in [6.45, 7) is 2.80. The van der Waals surface area contributed by atoms with Gasteiger partial charge < -0.3 is 19.4 Å². The van der Waals surface area contributed by atoms with Crippen LogP contribution in [0.15, 0.2) is 47.3 Å². The number of benzene rings is 1. The summed E-state index contributed by atoms with van der Waals surface area (Å²) < 4.78 is 10.4. The van der Waals surface area contributed by atoms with Gasteiger partial charge in [-0.1, -0.05) is 26.2 Å². The van der Waals surface area contributed by atoms with Gasteiger partial charge in [0.1, 0.15) is 17.2 Å². The van der Waals surface area contributed by atoms with Crippen molar-refractivity contribution in [2.45, 2.75) is 44.0 Å². The molecule has 2 heterocycles. The number of unbranched alkanes of at least 4 members (excludes halogenated alkanes) is 3. The number of thioether (sulfide) groups is 1. The minimum atomic E-state index is -0.513. The van der Waals surface area contributed by atoms with Crippen LogP contribution in [0.2, 0.25) is 0 Å². The van der Waals surface area contributed by atoms with Gasteiger partial charge in [0, 0.05) is 23.4 Å². The molecule has 7 heteroatoms. The van der Waals surface area contributed by atoms with Crippen LogP contribution < -0.4 is 10.1 Å². The first-order valence-corrected chi connectivity index (χ1v) is 11.1. The Balaban J connectivity index is 1.76. The lowest BCUT2D eigenvalue weighted by Crippen LogP contribution is -2.48. The SMILES string of the molecule is CCCCCCNC(=O)C1CSC(c2ccoc2)N1C(=O)c1ccc(OC)cc1. The molecular weight excluding hydrogens is 388 g/mol. The lowest BCUT2D eigenvalue weighted by atomic mass is 10.1. The van der Waals surface area contributed by atoms with E-state index < -0.39 is 6.04 Å². The molecule has 2 atom stereocenters. The maximum Gasteiger partial charge on any atom is 0.255 e. The number of nitrogens with zero attached hydrogens (tertiary/aromatic N) is 1. The molecule has 0 aliphatic carbocycles. The minimum absolute atomic E-state index is 0.0955. The molecule has 0 bridgehead atoms. The van der Waals surface area contributed by atoms with Crippen molar-refractivity contribution < 1.29 is 18.7 Å². The zero-order chi connectivity index (χ0) is 20.6. The number of carbonyl (C=O) groups is 2. The number of hydrogen-bond acceptors (Lipinski definition) is 5. The van der Waals surface area contributed by atoms with E-state index in [0.717, 1.165) is 24.8 Å². The van der Waals surface area contributed by atoms with Crippen molar-refractivity contribution in [3.05, 3.63) is 54.0 Å². The topological polar surface area (TPSA) is 71.8 Å². The quantitative estimate of drug-likeness (QED) is 0.619. The smallest absolute Gasteiger partial charge is 0.255 e. The largest absolute Gasteiger partial charge is 0.497 e. The second-order valence-corrected chi connectivity index (χ2v) is 8.16. The predicted molar refractivity (Wildman–Crippen MR) is 114 cm³/mol. The third kappa shape index (κ3) is 5.15. The molecule has 0 radical (unpaired) electrons. The van der Waals surface area contributed by atoms with Gasteiger partial charge in [-0.25, -0.2) is 0 Å². The van der Waals surface area contributed by atoms with Crippen molar-refractivity contribution in [3.8, 4) is 5.75 Å². The van der Waals surface area contributed by atoms with Gasteiger partial charge in [0.2, 0.25) is 5.91 Å². The monoisotopic (exact) mass is 416 g/mol. The van der Waals surface area contributed by atoms with Gasteiger partial charge in [0.25, 0.3) is 5.91 Å². The molecular formula is C22H28N2O4S. The molecule has 0 saturated carbocycles. The second kappa shape index (κ2) is 10.4. The average molecular weight is 417 g/mol. The first-order chi connectivity index (χ1) is 14.2. The third-order valence-corrected chi connectivity index (χ3v) is 6.36. The molecule has 1 aromatic carbocycles. The molecule has 0 spiro atoms. The fourth-order valence-corrected chi connectivity index (χ4v) is 4.80. The summed E-state index contributed by atoms with van der Waals surface area (Å²) in [6, 6.07) is 8.31. The number of hydrogen-bond donors (Lipinski definition) is 1. The summed E-state index contributed by atoms with van der Waals surface area (Å²) in [5, 5.41) is 2.76. The molecule has 156 valence electrons. The van der Waals surface area contributed by atoms with E-state index >= 15 is 0 Å². The van der Waals surface area contributed by atoms with Gasteiger partial charge in [0.15, 0.2) is 0 Å². The van der Waals surface area contributed by atoms with E-state index in [1.165, 1.54) is 6.42 Å². The molecule has 2 aromatic rings. The highest BCUT2D eigenvalue weighted by Crippen LogP contribution is 2.42. The van der Waals surface area contributed by atoms with Crippen LogP contribution in [0.5, 0.6) is 5.75 Å². The summed E-state index contributed by atoms with van der Waals surface area (Å²) in [6.07, 6.45) is 7.60. The lowest BCUT2D eigenvalue weighted by molar-refractivity contribution is -0.124. The standard InChI is InChI=1S/C22H28N2O4S/c1-3-4-5-6-12-23-20(25)19-15-29-22(17-11-13-28-14-17)24(19)21(26)16-7-9-18(27-2)10-8-16/h7-11,13-14,19,22H,3-6,12,15H2,1-2H3,(H,23,25). The molecule has 6 nitrogen and oxygen atoms in total. The molecule has 1 aliphatic heterocycles. The Hall–Kier alpha value is -2.41. The maximum absolute atomic E-state index is 13.3. The molecule has 1 aromatic heterocycles. The zero-order valence-electron chi connectivity index (χ0n) is 16.9. The van der Waals surface area contributed by atoms with Crippen LogP contribution in [0.3, 0.4) is 0 Å². The Morgan fingerprint density at radius 3 is 2.66 bits per heavy atom. The fraction of sp³-hybridized carbons (Fsp3) is 0.455. The van der Waals surface area contributed by atoms with E-state index in [4.69, 9.17) is 9.15 Å². The average Bonchev–Trinajstić information content (AvgIpc) is 3.42. The second-order valence-electron chi connectivity index (χ2n) is 7.05. The summed E-state index contributed by atoms with van der Waals surface area (Å²) in [7, 11) is 1.59. The van der Waals surface area contributed by atoms with Crippen molar-refractivity contribution in [1.29, 1.82) is 0 Å². The number of furan rings is 1. The van der Waals surface area contributed by atoms with Crippen molar-refractivity contribution in [3.63, 3.8) is 0 Å². The summed E-state index contributed by atoms with van der Waals surface area (Å²) >= 11 is 1.58. The van der Waals surface area contributed by atoms with Crippen LogP contribution in [-0.2, 0) is 4.79 Å². The van der Waals surface area contributed by atoms with E-state index in [1.54, 1.807) is 60.6 Å². The normalized spacial score (nSPS) is 18.6. The number of nitrogens with one attached hydrogen (secondary N) is 1. The summed E-state index contributed by atoms with van der Waals surface area (Å²) in [5.41, 5.74) is 1.41. The number of ether oxygens (including phenoxy) is 1. The highest BCUT2D eigenvalue weighted by molar-refractivity contribution is 7.99. The van der Waals surface area contributed by atoms with Gasteiger partial charge >= 0.3 is 0 Å². The number of rotatable bonds is 9. The lowest BCUT2D eigenvalue weighted by Gasteiger charge is -2.28. The van der Waals surface area contributed by atoms with Crippen LogP contribution in [0, 0.1) is 0 Å². The van der Waals surface area contributed by atoms with Crippen molar-refractivity contribution in [1.82, 2.24) is 10.2 Å². The number of methoxy groups -OCH3 is 1. The van der Waals surface area contributed by atoms with Gasteiger partial charge in [-0.2, -0.15) is 0 Å². The first kappa shape index (κ1) is 21.3. The van der Waals surface area contributed by atoms with E-state index in [2.05, 4.69) is 12.2 Å². The predicted octanol–water partition coefficient (Wildman–Crippen LogP) is 4.24. The van der Waals surface area contributed by atoms with Crippen LogP contribution in [0.4, 0.5) is 0 Å². The maximum atomic E-state index is 13.3. The van der Waals surface area contributed by atoms with Crippen molar-refractivity contribution >= 4 is 23.6 Å². The Bertz CT molecular complexity index is 792. The number of carbonyl (C=O) groups excluding carboxylic acids is 2. The van der Waals surface area contributed by atoms with Crippen molar-refractivity contribution in [2.24, 2.45) is 0 Å². The highest BCUT2D eigenvalue weighted by atomic mass is 32.2. The van der Waals surface area contributed by atoms with E-state index in [-0.39, 0.29) is 17.2 Å². The molecule has 1 aliphatic rings. The molecule has 3 rings (SSSR count). The summed E-state index contributed by atoms with van der Waals surface area (Å²) in [5.74, 6) is 0.973. The Morgan fingerprint density at radius 2 is 2.00 bits per heavy atom. The molecule has 1 N–H and O–H groups in total. The van der Waals surface area contributed by atoms with Crippen LogP contribution in [0.25, 0.3) is 0 Å². The van der Waals surface area contributed by atoms with E-state index in [0.29, 0.717) is 23.6 Å². The Labute approximate surface area is 176 Å². The van der Waals surface area contributed by atoms with Gasteiger partial charge in [-0.15, -0.1) is 11.8 Å². The molecule has 29 heavy (non-hydrogen) atoms. The fourth-order valence-electron chi connectivity index (χ4n) is 3.39. The van der Waals surface area contributed by atoms with Crippen LogP contribution >= 0.6 is 11.8 Å². The number of amides is 2. The molecule has 1 saturated heterocycles. The Morgan fingerprint density at radius 1 is 1.21 bits per heavy atom. The third-order valence-electron chi connectivity index (χ3n) is 5.03. The molecule has 2 unspecified atom stereocenters. The molecule has 1 fully saturated rings. The highest BCUT2D eigenvalue weighted by Gasteiger charge is 2.42. The minimum Gasteiger partial charge on any atom is -0.497 e. The van der Waals surface area contributed by atoms with E-state index in [1.807, 2.05) is 6.07 Å². The van der Waals surface area contributed by atoms with Crippen LogP contribution in [0.1, 0.15) is 53.9 Å².